The van der Waals surface area contributed by atoms with Gasteiger partial charge < -0.3 is 60.4 Å². The van der Waals surface area contributed by atoms with Crippen LogP contribution in [0.15, 0.2) is 78.9 Å². The Hall–Kier alpha value is -6.97. The maximum atomic E-state index is 14.3. The zero-order valence-corrected chi connectivity index (χ0v) is 63.9. The Morgan fingerprint density at radius 2 is 1.35 bits per heavy atom. The molecule has 0 saturated carbocycles. The van der Waals surface area contributed by atoms with Gasteiger partial charge in [-0.15, -0.1) is 0 Å². The van der Waals surface area contributed by atoms with Crippen molar-refractivity contribution in [2.24, 2.45) is 29.6 Å². The number of methoxy groups -OCH3 is 2. The highest BCUT2D eigenvalue weighted by atomic mass is 32.2. The van der Waals surface area contributed by atoms with Crippen LogP contribution in [0.5, 0.6) is 0 Å². The van der Waals surface area contributed by atoms with Gasteiger partial charge in [-0.2, -0.15) is 11.8 Å². The fraction of sp³-hybridized carbons (Fsp3) is 0.635. The van der Waals surface area contributed by atoms with Crippen LogP contribution < -0.4 is 26.6 Å². The van der Waals surface area contributed by atoms with Gasteiger partial charge >= 0.3 is 6.09 Å². The van der Waals surface area contributed by atoms with Crippen LogP contribution in [0, 0.1) is 29.6 Å². The highest BCUT2D eigenvalue weighted by molar-refractivity contribution is 8.00. The predicted molar refractivity (Wildman–Crippen MR) is 389 cm³/mol. The van der Waals surface area contributed by atoms with Crippen LogP contribution in [0.2, 0.25) is 0 Å². The predicted octanol–water partition coefficient (Wildman–Crippen LogP) is 8.40. The van der Waals surface area contributed by atoms with Gasteiger partial charge in [0.15, 0.2) is 15.6 Å². The van der Waals surface area contributed by atoms with Crippen molar-refractivity contribution < 1.29 is 75.6 Å². The maximum Gasteiger partial charge on any atom is 0.410 e. The summed E-state index contributed by atoms with van der Waals surface area (Å²) in [4.78, 5) is 128. The minimum atomic E-state index is -3.78. The van der Waals surface area contributed by atoms with Crippen LogP contribution in [0.3, 0.4) is 0 Å². The van der Waals surface area contributed by atoms with Gasteiger partial charge in [-0.25, -0.2) is 13.2 Å². The minimum absolute atomic E-state index is 0.0812. The fourth-order valence-electron chi connectivity index (χ4n) is 12.1. The molecule has 100 heavy (non-hydrogen) atoms. The number of Topliss-reactive ketones (excluding diaryl/α,β-unsaturated/α-hetero) is 1. The summed E-state index contributed by atoms with van der Waals surface area (Å²) in [5.41, 5.74) is 1.55. The number of carbonyl (C=O) groups is 9. The molecule has 3 aromatic rings. The van der Waals surface area contributed by atoms with E-state index >= 15 is 0 Å². The van der Waals surface area contributed by atoms with Crippen molar-refractivity contribution >= 4 is 80.5 Å². The zero-order chi connectivity index (χ0) is 75.1. The monoisotopic (exact) mass is 1430 g/mol. The molecule has 4 rings (SSSR count). The van der Waals surface area contributed by atoms with E-state index in [1.54, 1.807) is 104 Å². The summed E-state index contributed by atoms with van der Waals surface area (Å²) in [5, 5.41) is 24.7. The number of nitrogens with zero attached hydrogens (tertiary/aromatic N) is 3. The third-order valence-corrected chi connectivity index (χ3v) is 22.5. The number of amides is 8. The van der Waals surface area contributed by atoms with Crippen molar-refractivity contribution in [3.05, 3.63) is 101 Å². The quantitative estimate of drug-likeness (QED) is 0.0292. The Labute approximate surface area is 597 Å². The van der Waals surface area contributed by atoms with Gasteiger partial charge in [0.1, 0.15) is 18.7 Å². The molecule has 4 unspecified atom stereocenters. The molecule has 1 aliphatic heterocycles. The number of hydrogen-bond donors (Lipinski definition) is 6. The number of ether oxygens (including phenoxy) is 4. The summed E-state index contributed by atoms with van der Waals surface area (Å²) in [6, 6.07) is 17.6. The summed E-state index contributed by atoms with van der Waals surface area (Å²) in [5.74, 6) is -6.33. The number of rotatable bonds is 39. The second kappa shape index (κ2) is 39.5. The number of benzene rings is 3. The summed E-state index contributed by atoms with van der Waals surface area (Å²) in [6.45, 7) is 26.9. The lowest BCUT2D eigenvalue weighted by atomic mass is 9.90. The number of thioether (sulfide) groups is 1. The Bertz CT molecular complexity index is 3290. The van der Waals surface area contributed by atoms with Crippen molar-refractivity contribution in [2.75, 3.05) is 71.4 Å². The molecule has 1 heterocycles. The normalized spacial score (nSPS) is 16.6. The van der Waals surface area contributed by atoms with E-state index < -0.39 is 141 Å². The van der Waals surface area contributed by atoms with Gasteiger partial charge in [-0.3, -0.25) is 43.3 Å². The highest BCUT2D eigenvalue weighted by Gasteiger charge is 2.44. The molecule has 0 aromatic heterocycles. The maximum absolute atomic E-state index is 14.3. The summed E-state index contributed by atoms with van der Waals surface area (Å²) >= 11 is 1.49. The molecular weight excluding hydrogens is 1320 g/mol. The number of aliphatic hydroxyl groups excluding tert-OH is 1. The molecular formula is C74H114N8O16S2. The number of sulfone groups is 1. The van der Waals surface area contributed by atoms with E-state index in [-0.39, 0.29) is 77.5 Å². The third kappa shape index (κ3) is 25.2. The standard InChI is InChI=1S/C74H114N8O16S2/c1-20-48(8)64(58(95-18)39-60(84)82-37-24-27-57(82)67(96-19)49(9)68(88)77-50(10)65(86)52-25-22-21-23-26-52)80(16)61(85)41-76-71(91)63(46(4)5)81(17)72(92)97-42-51-28-34-56(35-29-51)78-59(83)40-75-70(90)62(45(2)3)79-69(89)54-32-30-53(31-33-54)66(87)55(43-99-47(6)7)44-100(93,94)74(14,15)36-38-98-73(11,12)13/h21-23,25-26,28-35,45-50,55,57-58,62-65,67,86H,20,24,27,36-44H2,1-19H3,(H,75,90)(H,76,91)(H,77,88)(H,78,83)(H,79,89)/t48-,49+,50+,55?,57-,58+,62?,63?,64?,65+,67+/m0/s1. The number of ketones is 1. The number of hydrogen-bond acceptors (Lipinski definition) is 17. The first kappa shape index (κ1) is 85.4. The number of likely N-dealkylation sites (tertiary alicyclic amines) is 1. The molecule has 8 amide bonds. The lowest BCUT2D eigenvalue weighted by Gasteiger charge is -2.39. The van der Waals surface area contributed by atoms with Gasteiger partial charge in [-0.1, -0.05) is 123 Å². The molecule has 11 atom stereocenters. The van der Waals surface area contributed by atoms with Gasteiger partial charge in [0, 0.05) is 70.0 Å². The first-order chi connectivity index (χ1) is 46.8. The van der Waals surface area contributed by atoms with Gasteiger partial charge in [0.05, 0.1) is 78.0 Å². The van der Waals surface area contributed by atoms with Crippen molar-refractivity contribution in [2.45, 2.75) is 207 Å². The zero-order valence-electron chi connectivity index (χ0n) is 62.3. The van der Waals surface area contributed by atoms with E-state index in [1.807, 2.05) is 66.7 Å². The average Bonchev–Trinajstić information content (AvgIpc) is 1.05. The van der Waals surface area contributed by atoms with Gasteiger partial charge in [0.2, 0.25) is 35.4 Å². The first-order valence-electron chi connectivity index (χ1n) is 34.7. The van der Waals surface area contributed by atoms with E-state index in [9.17, 15) is 56.7 Å². The molecule has 24 nitrogen and oxygen atoms in total. The van der Waals surface area contributed by atoms with E-state index in [0.29, 0.717) is 42.6 Å². The Morgan fingerprint density at radius 1 is 0.740 bits per heavy atom. The molecule has 3 aromatic carbocycles. The summed E-state index contributed by atoms with van der Waals surface area (Å²) < 4.78 is 49.8. The van der Waals surface area contributed by atoms with Gasteiger partial charge in [-0.05, 0) is 119 Å². The first-order valence-corrected chi connectivity index (χ1v) is 37.4. The van der Waals surface area contributed by atoms with Crippen molar-refractivity contribution in [1.82, 2.24) is 36.0 Å². The fourth-order valence-corrected chi connectivity index (χ4v) is 14.8. The van der Waals surface area contributed by atoms with Crippen LogP contribution in [-0.4, -0.2) is 206 Å². The lowest BCUT2D eigenvalue weighted by molar-refractivity contribution is -0.146. The second-order valence-corrected chi connectivity index (χ2v) is 33.1. The summed E-state index contributed by atoms with van der Waals surface area (Å²) in [6.07, 6.45) is -1.08. The molecule has 1 fully saturated rings. The second-order valence-electron chi connectivity index (χ2n) is 28.8. The van der Waals surface area contributed by atoms with Crippen LogP contribution in [-0.2, 0) is 64.2 Å². The van der Waals surface area contributed by atoms with Crippen LogP contribution in [0.1, 0.15) is 174 Å². The number of nitrogens with one attached hydrogen (secondary N) is 5. The minimum Gasteiger partial charge on any atom is -0.445 e. The van der Waals surface area contributed by atoms with Crippen molar-refractivity contribution in [1.29, 1.82) is 0 Å². The Morgan fingerprint density at radius 3 is 1.91 bits per heavy atom. The molecule has 0 aliphatic carbocycles. The largest absolute Gasteiger partial charge is 0.445 e. The Kier molecular flexibility index (Phi) is 33.7. The van der Waals surface area contributed by atoms with E-state index in [4.69, 9.17) is 18.9 Å². The van der Waals surface area contributed by atoms with E-state index in [0.717, 1.165) is 4.90 Å². The topological polar surface area (TPSA) is 315 Å². The van der Waals surface area contributed by atoms with E-state index in [1.165, 1.54) is 62.2 Å². The molecule has 1 aliphatic rings. The van der Waals surface area contributed by atoms with Crippen molar-refractivity contribution in [3.63, 3.8) is 0 Å². The van der Waals surface area contributed by atoms with Gasteiger partial charge in [0.25, 0.3) is 5.91 Å². The van der Waals surface area contributed by atoms with E-state index in [2.05, 4.69) is 26.6 Å². The highest BCUT2D eigenvalue weighted by Crippen LogP contribution is 2.32. The number of carbonyl (C=O) groups excluding carboxylic acids is 9. The molecule has 0 radical (unpaired) electrons. The van der Waals surface area contributed by atoms with Crippen molar-refractivity contribution in [3.8, 4) is 0 Å². The molecule has 0 bridgehead atoms. The summed E-state index contributed by atoms with van der Waals surface area (Å²) in [7, 11) is 2.25. The van der Waals surface area contributed by atoms with Crippen LogP contribution >= 0.6 is 11.8 Å². The smallest absolute Gasteiger partial charge is 0.410 e. The SMILES string of the molecule is CC[C@H](C)C([C@@H](CC(=O)N1CCC[C@H]1[C@H](OC)[C@@H](C)C(=O)N[C@H](C)[C@@H](O)c1ccccc1)OC)N(C)C(=O)CNC(=O)C(C(C)C)N(C)C(=O)OCc1ccc(NC(=O)CNC(=O)C(NC(=O)c2ccc(C(=O)C(CSC(C)C)CS(=O)(=O)C(C)(C)CCOC(C)(C)C)cc2)C(C)C)cc1. The number of anilines is 1. The lowest BCUT2D eigenvalue weighted by Crippen LogP contribution is -2.56. The molecule has 1 saturated heterocycles. The van der Waals surface area contributed by atoms with Crippen LogP contribution in [0.4, 0.5) is 10.5 Å². The Balaban J connectivity index is 1.28. The molecule has 558 valence electrons. The average molecular weight is 1440 g/mol. The van der Waals surface area contributed by atoms with Crippen LogP contribution in [0.25, 0.3) is 0 Å². The number of aliphatic hydroxyl groups is 1. The molecule has 0 spiro atoms. The number of likely N-dealkylation sites (N-methyl/N-ethyl adjacent to an activating group) is 2. The molecule has 6 N–H and O–H groups in total. The molecule has 26 heteroatoms. The third-order valence-electron chi connectivity index (χ3n) is 18.5.